The van der Waals surface area contributed by atoms with Crippen LogP contribution in [0, 0.1) is 0 Å². The Morgan fingerprint density at radius 1 is 0.305 bits per heavy atom. The van der Waals surface area contributed by atoms with Crippen LogP contribution in [0.3, 0.4) is 0 Å². The highest BCUT2D eigenvalue weighted by molar-refractivity contribution is 6.22. The van der Waals surface area contributed by atoms with Gasteiger partial charge in [0.1, 0.15) is 0 Å². The van der Waals surface area contributed by atoms with Gasteiger partial charge < -0.3 is 14.1 Å². The lowest BCUT2D eigenvalue weighted by Crippen LogP contribution is -1.94. The van der Waals surface area contributed by atoms with Crippen LogP contribution >= 0.6 is 0 Å². The average molecular weight is 750 g/mol. The first-order valence-electron chi connectivity index (χ1n) is 20.3. The predicted octanol–water partition coefficient (Wildman–Crippen LogP) is 15.2. The number of aromatic amines is 1. The summed E-state index contributed by atoms with van der Waals surface area (Å²) in [6, 6.07) is 75.8. The van der Waals surface area contributed by atoms with E-state index in [0.29, 0.717) is 0 Å². The molecule has 0 saturated carbocycles. The van der Waals surface area contributed by atoms with Crippen molar-refractivity contribution in [1.29, 1.82) is 0 Å². The maximum Gasteiger partial charge on any atom is 0.0619 e. The van der Waals surface area contributed by atoms with Crippen molar-refractivity contribution in [2.75, 3.05) is 0 Å². The van der Waals surface area contributed by atoms with Crippen LogP contribution in [-0.4, -0.2) is 14.1 Å². The van der Waals surface area contributed by atoms with Crippen molar-refractivity contribution in [3.05, 3.63) is 206 Å². The third-order valence-electron chi connectivity index (χ3n) is 12.6. The minimum Gasteiger partial charge on any atom is -0.354 e. The molecule has 13 aromatic rings. The maximum atomic E-state index is 3.69. The summed E-state index contributed by atoms with van der Waals surface area (Å²) in [7, 11) is 0. The van der Waals surface area contributed by atoms with Gasteiger partial charge in [-0.05, 0) is 111 Å². The molecular weight excluding hydrogens is 715 g/mol. The second-order valence-electron chi connectivity index (χ2n) is 15.8. The van der Waals surface area contributed by atoms with Crippen molar-refractivity contribution >= 4 is 87.0 Å². The normalized spacial score (nSPS) is 12.1. The molecule has 3 aromatic heterocycles. The predicted molar refractivity (Wildman–Crippen MR) is 250 cm³/mol. The highest BCUT2D eigenvalue weighted by Crippen LogP contribution is 2.44. The molecule has 13 rings (SSSR count). The van der Waals surface area contributed by atoms with Gasteiger partial charge in [-0.15, -0.1) is 0 Å². The van der Waals surface area contributed by atoms with E-state index in [2.05, 4.69) is 220 Å². The highest BCUT2D eigenvalue weighted by Gasteiger charge is 2.20. The van der Waals surface area contributed by atoms with E-state index in [1.807, 2.05) is 0 Å². The summed E-state index contributed by atoms with van der Waals surface area (Å²) in [5.41, 5.74) is 14.3. The molecular formula is C56H35N3. The van der Waals surface area contributed by atoms with Crippen LogP contribution in [-0.2, 0) is 0 Å². The SMILES string of the molecule is c1ccc(-n2c3ccc(-c4ccc5[nH]c6ccc7ccccc7c6c5c4)cc3c3c(-c4ccc5c(c4)c4ccc6ccccc6c4n5-c4ccccc4)cccc32)cc1. The zero-order valence-corrected chi connectivity index (χ0v) is 32.0. The van der Waals surface area contributed by atoms with Gasteiger partial charge in [-0.25, -0.2) is 0 Å². The largest absolute Gasteiger partial charge is 0.354 e. The Balaban J connectivity index is 1.07. The minimum atomic E-state index is 1.15. The first kappa shape index (κ1) is 32.2. The summed E-state index contributed by atoms with van der Waals surface area (Å²) in [6.45, 7) is 0. The van der Waals surface area contributed by atoms with Gasteiger partial charge in [0, 0.05) is 60.1 Å². The summed E-state index contributed by atoms with van der Waals surface area (Å²) in [5, 5.41) is 12.5. The number of aromatic nitrogens is 3. The zero-order chi connectivity index (χ0) is 38.6. The van der Waals surface area contributed by atoms with E-state index in [9.17, 15) is 0 Å². The molecule has 0 fully saturated rings. The van der Waals surface area contributed by atoms with Crippen LogP contribution in [0.2, 0.25) is 0 Å². The molecule has 0 radical (unpaired) electrons. The van der Waals surface area contributed by atoms with E-state index in [4.69, 9.17) is 0 Å². The van der Waals surface area contributed by atoms with Gasteiger partial charge >= 0.3 is 0 Å². The first-order chi connectivity index (χ1) is 29.3. The number of nitrogens with zero attached hydrogens (tertiary/aromatic N) is 2. The molecule has 0 amide bonds. The summed E-state index contributed by atoms with van der Waals surface area (Å²) < 4.78 is 4.87. The van der Waals surface area contributed by atoms with Crippen molar-refractivity contribution < 1.29 is 0 Å². The summed E-state index contributed by atoms with van der Waals surface area (Å²) in [4.78, 5) is 3.69. The second kappa shape index (κ2) is 12.3. The molecule has 0 saturated heterocycles. The van der Waals surface area contributed by atoms with Crippen LogP contribution in [0.15, 0.2) is 206 Å². The number of hydrogen-bond acceptors (Lipinski definition) is 0. The molecule has 59 heavy (non-hydrogen) atoms. The molecule has 0 aliphatic heterocycles. The van der Waals surface area contributed by atoms with Crippen molar-refractivity contribution in [3.8, 4) is 33.6 Å². The fourth-order valence-corrected chi connectivity index (χ4v) is 9.99. The lowest BCUT2D eigenvalue weighted by atomic mass is 9.95. The number of para-hydroxylation sites is 2. The fourth-order valence-electron chi connectivity index (χ4n) is 9.99. The van der Waals surface area contributed by atoms with Gasteiger partial charge in [-0.3, -0.25) is 0 Å². The topological polar surface area (TPSA) is 25.6 Å². The maximum absolute atomic E-state index is 3.69. The molecule has 0 spiro atoms. The fraction of sp³-hybridized carbons (Fsp3) is 0. The Labute approximate surface area is 339 Å². The van der Waals surface area contributed by atoms with Crippen molar-refractivity contribution in [1.82, 2.24) is 14.1 Å². The van der Waals surface area contributed by atoms with Crippen LogP contribution in [0.1, 0.15) is 0 Å². The monoisotopic (exact) mass is 749 g/mol. The molecule has 3 heterocycles. The average Bonchev–Trinajstić information content (AvgIpc) is 3.97. The second-order valence-corrected chi connectivity index (χ2v) is 15.8. The van der Waals surface area contributed by atoms with E-state index in [0.717, 1.165) is 16.9 Å². The number of fused-ring (bicyclic) bond motifs is 13. The number of hydrogen-bond donors (Lipinski definition) is 1. The molecule has 3 nitrogen and oxygen atoms in total. The van der Waals surface area contributed by atoms with Crippen LogP contribution in [0.5, 0.6) is 0 Å². The smallest absolute Gasteiger partial charge is 0.0619 e. The summed E-state index contributed by atoms with van der Waals surface area (Å²) in [5.74, 6) is 0. The van der Waals surface area contributed by atoms with E-state index >= 15 is 0 Å². The minimum absolute atomic E-state index is 1.15. The van der Waals surface area contributed by atoms with Gasteiger partial charge in [-0.1, -0.05) is 133 Å². The Bertz CT molecular complexity index is 3830. The van der Waals surface area contributed by atoms with Gasteiger partial charge in [0.25, 0.3) is 0 Å². The molecule has 10 aromatic carbocycles. The standard InChI is InChI=1S/C56H35N3/c1-3-14-40(15-4-1)58-52-30-25-38(37-24-28-49-47(32-37)54-42-18-9-7-12-35(42)23-29-50(54)57-49)33-48(52)55-43(20-11-21-53(55)58)39-26-31-51-46(34-39)45-27-22-36-13-8-10-19-44(36)56(45)59(51)41-16-5-2-6-17-41/h1-34,57H. The number of H-pyrrole nitrogens is 1. The Kier molecular flexibility index (Phi) is 6.72. The Hall–Kier alpha value is -7.88. The molecule has 0 atom stereocenters. The van der Waals surface area contributed by atoms with E-state index in [-0.39, 0.29) is 0 Å². The van der Waals surface area contributed by atoms with Gasteiger partial charge in [0.2, 0.25) is 0 Å². The van der Waals surface area contributed by atoms with Crippen molar-refractivity contribution in [3.63, 3.8) is 0 Å². The number of rotatable bonds is 4. The Morgan fingerprint density at radius 3 is 1.69 bits per heavy atom. The molecule has 0 aliphatic carbocycles. The third-order valence-corrected chi connectivity index (χ3v) is 12.6. The van der Waals surface area contributed by atoms with Crippen LogP contribution in [0.4, 0.5) is 0 Å². The lowest BCUT2D eigenvalue weighted by molar-refractivity contribution is 1.18. The summed E-state index contributed by atoms with van der Waals surface area (Å²) in [6.07, 6.45) is 0. The highest BCUT2D eigenvalue weighted by atomic mass is 15.0. The Morgan fingerprint density at radius 2 is 0.898 bits per heavy atom. The van der Waals surface area contributed by atoms with Crippen molar-refractivity contribution in [2.45, 2.75) is 0 Å². The quantitative estimate of drug-likeness (QED) is 0.185. The van der Waals surface area contributed by atoms with Crippen LogP contribution in [0.25, 0.3) is 121 Å². The zero-order valence-electron chi connectivity index (χ0n) is 32.0. The lowest BCUT2D eigenvalue weighted by Gasteiger charge is -2.10. The molecule has 0 bridgehead atoms. The van der Waals surface area contributed by atoms with Crippen LogP contribution < -0.4 is 0 Å². The number of benzene rings is 10. The van der Waals surface area contributed by atoms with E-state index < -0.39 is 0 Å². The molecule has 0 aliphatic rings. The molecule has 1 N–H and O–H groups in total. The molecule has 3 heteroatoms. The molecule has 274 valence electrons. The van der Waals surface area contributed by atoms with E-state index in [1.54, 1.807) is 0 Å². The van der Waals surface area contributed by atoms with Crippen molar-refractivity contribution in [2.24, 2.45) is 0 Å². The van der Waals surface area contributed by atoms with Gasteiger partial charge in [-0.2, -0.15) is 0 Å². The summed E-state index contributed by atoms with van der Waals surface area (Å²) >= 11 is 0. The van der Waals surface area contributed by atoms with Gasteiger partial charge in [0.15, 0.2) is 0 Å². The first-order valence-corrected chi connectivity index (χ1v) is 20.3. The number of nitrogens with one attached hydrogen (secondary N) is 1. The van der Waals surface area contributed by atoms with Gasteiger partial charge in [0.05, 0.1) is 22.1 Å². The van der Waals surface area contributed by atoms with E-state index in [1.165, 1.54) is 104 Å². The third kappa shape index (κ3) is 4.70. The molecule has 0 unspecified atom stereocenters.